The molecule has 0 aliphatic carbocycles. The lowest BCUT2D eigenvalue weighted by molar-refractivity contribution is -0.137. The lowest BCUT2D eigenvalue weighted by Gasteiger charge is -2.28. The summed E-state index contributed by atoms with van der Waals surface area (Å²) in [5, 5.41) is 5.89. The molecule has 2 aliphatic heterocycles. The Morgan fingerprint density at radius 3 is 2.75 bits per heavy atom. The summed E-state index contributed by atoms with van der Waals surface area (Å²) in [5.41, 5.74) is 2.60. The van der Waals surface area contributed by atoms with Gasteiger partial charge in [0.25, 0.3) is 0 Å². The first-order valence-corrected chi connectivity index (χ1v) is 11.1. The van der Waals surface area contributed by atoms with Gasteiger partial charge < -0.3 is 20.3 Å². The molecular formula is C23H22N4O4S. The van der Waals surface area contributed by atoms with E-state index in [1.807, 2.05) is 42.5 Å². The number of aliphatic imine (C=N–C) groups is 1. The Kier molecular flexibility index (Phi) is 6.27. The summed E-state index contributed by atoms with van der Waals surface area (Å²) >= 11 is 1.44. The number of carbonyl (C=O) groups excluding carboxylic acids is 3. The molecule has 2 heterocycles. The van der Waals surface area contributed by atoms with Gasteiger partial charge in [0.2, 0.25) is 11.8 Å². The van der Waals surface area contributed by atoms with Gasteiger partial charge in [-0.2, -0.15) is 0 Å². The van der Waals surface area contributed by atoms with E-state index in [0.29, 0.717) is 22.8 Å². The summed E-state index contributed by atoms with van der Waals surface area (Å²) < 4.78 is 5.20. The van der Waals surface area contributed by atoms with Crippen LogP contribution < -0.4 is 15.5 Å². The Morgan fingerprint density at radius 2 is 1.94 bits per heavy atom. The number of carbonyl (C=O) groups is 3. The fourth-order valence-corrected chi connectivity index (χ4v) is 4.42. The molecular weight excluding hydrogens is 428 g/mol. The van der Waals surface area contributed by atoms with Crippen molar-refractivity contribution in [3.63, 3.8) is 0 Å². The summed E-state index contributed by atoms with van der Waals surface area (Å²) in [6, 6.07) is 14.7. The van der Waals surface area contributed by atoms with Gasteiger partial charge in [-0.05, 0) is 38.1 Å². The number of hydrogen-bond donors (Lipinski definition) is 2. The summed E-state index contributed by atoms with van der Waals surface area (Å²) in [5.74, 6) is -0.880. The fourth-order valence-electron chi connectivity index (χ4n) is 3.48. The molecule has 0 bridgehead atoms. The van der Waals surface area contributed by atoms with Crippen molar-refractivity contribution < 1.29 is 19.1 Å². The van der Waals surface area contributed by atoms with Gasteiger partial charge in [-0.25, -0.2) is 9.79 Å². The largest absolute Gasteiger partial charge is 0.462 e. The van der Waals surface area contributed by atoms with Gasteiger partial charge in [0.05, 0.1) is 29.4 Å². The smallest absolute Gasteiger partial charge is 0.343 e. The number of para-hydroxylation sites is 3. The highest BCUT2D eigenvalue weighted by Crippen LogP contribution is 2.35. The second kappa shape index (κ2) is 9.27. The van der Waals surface area contributed by atoms with Gasteiger partial charge in [-0.1, -0.05) is 24.3 Å². The number of allylic oxidation sites excluding steroid dienone is 1. The van der Waals surface area contributed by atoms with Crippen LogP contribution in [0.15, 0.2) is 69.7 Å². The minimum atomic E-state index is -0.597. The molecule has 0 radical (unpaired) electrons. The predicted octanol–water partition coefficient (Wildman–Crippen LogP) is 3.23. The lowest BCUT2D eigenvalue weighted by atomic mass is 10.2. The highest BCUT2D eigenvalue weighted by Gasteiger charge is 2.29. The van der Waals surface area contributed by atoms with E-state index < -0.39 is 11.9 Å². The van der Waals surface area contributed by atoms with Crippen LogP contribution in [0.5, 0.6) is 0 Å². The number of esters is 1. The van der Waals surface area contributed by atoms with E-state index in [1.54, 1.807) is 19.9 Å². The maximum Gasteiger partial charge on any atom is 0.343 e. The Labute approximate surface area is 189 Å². The molecule has 0 aromatic heterocycles. The molecule has 2 amide bonds. The number of ether oxygens (including phenoxy) is 1. The van der Waals surface area contributed by atoms with Crippen molar-refractivity contribution in [2.75, 3.05) is 29.1 Å². The molecule has 2 aromatic carbocycles. The third-order valence-corrected chi connectivity index (χ3v) is 5.97. The van der Waals surface area contributed by atoms with E-state index in [9.17, 15) is 14.4 Å². The Bertz CT molecular complexity index is 1160. The van der Waals surface area contributed by atoms with Crippen LogP contribution in [0.4, 0.5) is 17.1 Å². The molecule has 2 N–H and O–H groups in total. The van der Waals surface area contributed by atoms with E-state index in [2.05, 4.69) is 15.6 Å². The molecule has 2 aliphatic rings. The van der Waals surface area contributed by atoms with Gasteiger partial charge in [-0.3, -0.25) is 9.59 Å². The fraction of sp³-hybridized carbons (Fsp3) is 0.217. The third-order valence-electron chi connectivity index (χ3n) is 4.92. The van der Waals surface area contributed by atoms with Crippen LogP contribution in [0.3, 0.4) is 0 Å². The Hall–Kier alpha value is -3.59. The number of nitrogens with one attached hydrogen (secondary N) is 2. The first-order chi connectivity index (χ1) is 15.5. The summed E-state index contributed by atoms with van der Waals surface area (Å²) in [4.78, 5) is 45.1. The van der Waals surface area contributed by atoms with Crippen molar-refractivity contribution in [3.05, 3.63) is 59.8 Å². The van der Waals surface area contributed by atoms with Gasteiger partial charge in [-0.15, -0.1) is 11.8 Å². The number of anilines is 2. The first kappa shape index (κ1) is 21.6. The Balaban J connectivity index is 1.64. The molecule has 0 spiro atoms. The van der Waals surface area contributed by atoms with Crippen molar-refractivity contribution in [2.24, 2.45) is 4.99 Å². The van der Waals surface area contributed by atoms with Crippen molar-refractivity contribution in [2.45, 2.75) is 18.7 Å². The summed E-state index contributed by atoms with van der Waals surface area (Å²) in [6.45, 7) is 3.41. The monoisotopic (exact) mass is 450 g/mol. The topological polar surface area (TPSA) is 100 Å². The Morgan fingerprint density at radius 1 is 1.19 bits per heavy atom. The van der Waals surface area contributed by atoms with Crippen molar-refractivity contribution in [3.8, 4) is 0 Å². The maximum atomic E-state index is 13.0. The lowest BCUT2D eigenvalue weighted by Crippen LogP contribution is -2.45. The minimum Gasteiger partial charge on any atom is -0.462 e. The summed E-state index contributed by atoms with van der Waals surface area (Å²) in [7, 11) is 0. The molecule has 0 saturated carbocycles. The highest BCUT2D eigenvalue weighted by atomic mass is 32.2. The molecule has 0 atom stereocenters. The average Bonchev–Trinajstić information content (AvgIpc) is 2.91. The van der Waals surface area contributed by atoms with Crippen LogP contribution in [0.25, 0.3) is 0 Å². The first-order valence-electron chi connectivity index (χ1n) is 10.1. The van der Waals surface area contributed by atoms with Crippen LogP contribution in [0, 0.1) is 0 Å². The molecule has 8 nitrogen and oxygen atoms in total. The zero-order valence-electron chi connectivity index (χ0n) is 17.7. The standard InChI is InChI=1S/C23H22N4O4S/c1-3-31-23(30)21-14(2)24-15-8-4-5-9-16(15)25-22(21)26-19(28)12-27-17-10-6-7-11-18(17)32-13-20(27)29/h4-11,24H,3,12-13H2,1-2H3,(H,25,26,28). The number of amidine groups is 1. The van der Waals surface area contributed by atoms with Crippen molar-refractivity contribution >= 4 is 52.4 Å². The van der Waals surface area contributed by atoms with E-state index in [4.69, 9.17) is 4.74 Å². The third kappa shape index (κ3) is 4.38. The zero-order valence-corrected chi connectivity index (χ0v) is 18.5. The van der Waals surface area contributed by atoms with Crippen LogP contribution in [0.2, 0.25) is 0 Å². The average molecular weight is 451 g/mol. The molecule has 9 heteroatoms. The number of amides is 2. The number of hydrogen-bond acceptors (Lipinski definition) is 7. The number of benzene rings is 2. The van der Waals surface area contributed by atoms with Gasteiger partial charge in [0.1, 0.15) is 18.0 Å². The zero-order chi connectivity index (χ0) is 22.7. The quantitative estimate of drug-likeness (QED) is 0.694. The summed E-state index contributed by atoms with van der Waals surface area (Å²) in [6.07, 6.45) is 0. The minimum absolute atomic E-state index is 0.0792. The molecule has 0 saturated heterocycles. The number of nitrogens with zero attached hydrogens (tertiary/aromatic N) is 2. The second-order valence-electron chi connectivity index (χ2n) is 7.11. The van der Waals surface area contributed by atoms with E-state index in [0.717, 1.165) is 4.90 Å². The van der Waals surface area contributed by atoms with Gasteiger partial charge in [0, 0.05) is 10.6 Å². The number of thioether (sulfide) groups is 1. The van der Waals surface area contributed by atoms with E-state index >= 15 is 0 Å². The number of fused-ring (bicyclic) bond motifs is 2. The van der Waals surface area contributed by atoms with E-state index in [-0.39, 0.29) is 36.2 Å². The molecule has 0 fully saturated rings. The van der Waals surface area contributed by atoms with E-state index in [1.165, 1.54) is 16.7 Å². The van der Waals surface area contributed by atoms with Crippen LogP contribution in [-0.4, -0.2) is 42.5 Å². The molecule has 32 heavy (non-hydrogen) atoms. The molecule has 2 aromatic rings. The van der Waals surface area contributed by atoms with Gasteiger partial charge >= 0.3 is 5.97 Å². The molecule has 164 valence electrons. The van der Waals surface area contributed by atoms with Crippen molar-refractivity contribution in [1.29, 1.82) is 0 Å². The normalized spacial score (nSPS) is 15.1. The van der Waals surface area contributed by atoms with Crippen LogP contribution in [-0.2, 0) is 19.1 Å². The van der Waals surface area contributed by atoms with Crippen LogP contribution >= 0.6 is 11.8 Å². The van der Waals surface area contributed by atoms with Crippen LogP contribution in [0.1, 0.15) is 13.8 Å². The molecule has 0 unspecified atom stereocenters. The highest BCUT2D eigenvalue weighted by molar-refractivity contribution is 8.00. The van der Waals surface area contributed by atoms with Gasteiger partial charge in [0.15, 0.2) is 0 Å². The maximum absolute atomic E-state index is 13.0. The number of rotatable bonds is 4. The predicted molar refractivity (Wildman–Crippen MR) is 124 cm³/mol. The SMILES string of the molecule is CCOC(=O)C1=C(C)Nc2ccccc2N=C1NC(=O)CN1C(=O)CSc2ccccc21. The second-order valence-corrected chi connectivity index (χ2v) is 8.12. The van der Waals surface area contributed by atoms with Crippen molar-refractivity contribution in [1.82, 2.24) is 5.32 Å². The molecule has 4 rings (SSSR count).